The molecule has 29 heavy (non-hydrogen) atoms. The number of nitrogens with one attached hydrogen (secondary N) is 1. The standard InChI is InChI=1S/C21H26FN5O.HI/c1-2-24-20(28)17-5-3-16(4-6-17)15-25-21(23)27-13-11-26(12-14-27)19-9-7-18(22)8-10-19;/h3-10H,2,11-15H2,1H3,(H2,23,25)(H,24,28);1H. The van der Waals surface area contributed by atoms with Crippen molar-refractivity contribution < 1.29 is 9.18 Å². The van der Waals surface area contributed by atoms with Crippen molar-refractivity contribution in [2.45, 2.75) is 13.5 Å². The molecule has 0 unspecified atom stereocenters. The predicted octanol–water partition coefficient (Wildman–Crippen LogP) is 2.83. The van der Waals surface area contributed by atoms with Crippen molar-refractivity contribution in [1.82, 2.24) is 10.2 Å². The third-order valence-corrected chi connectivity index (χ3v) is 4.77. The summed E-state index contributed by atoms with van der Waals surface area (Å²) in [7, 11) is 0. The van der Waals surface area contributed by atoms with Gasteiger partial charge in [0, 0.05) is 44.0 Å². The SMILES string of the molecule is CCNC(=O)c1ccc(CN=C(N)N2CCN(c3ccc(F)cc3)CC2)cc1.I. The van der Waals surface area contributed by atoms with Gasteiger partial charge in [0.05, 0.1) is 6.54 Å². The lowest BCUT2D eigenvalue weighted by molar-refractivity contribution is 0.0956. The molecule has 0 aromatic heterocycles. The van der Waals surface area contributed by atoms with Crippen LogP contribution in [0.4, 0.5) is 10.1 Å². The third kappa shape index (κ3) is 6.31. The molecule has 156 valence electrons. The molecule has 0 aliphatic carbocycles. The van der Waals surface area contributed by atoms with Crippen LogP contribution in [0, 0.1) is 5.82 Å². The molecule has 1 fully saturated rings. The molecule has 0 spiro atoms. The fraction of sp³-hybridized carbons (Fsp3) is 0.333. The Kier molecular flexibility index (Phi) is 8.69. The highest BCUT2D eigenvalue weighted by Crippen LogP contribution is 2.17. The van der Waals surface area contributed by atoms with Crippen molar-refractivity contribution in [3.05, 3.63) is 65.5 Å². The van der Waals surface area contributed by atoms with Crippen LogP contribution in [0.15, 0.2) is 53.5 Å². The monoisotopic (exact) mass is 511 g/mol. The molecule has 0 atom stereocenters. The zero-order valence-corrected chi connectivity index (χ0v) is 18.8. The number of carbonyl (C=O) groups is 1. The van der Waals surface area contributed by atoms with Gasteiger partial charge in [-0.2, -0.15) is 0 Å². The summed E-state index contributed by atoms with van der Waals surface area (Å²) < 4.78 is 13.1. The van der Waals surface area contributed by atoms with Crippen molar-refractivity contribution in [1.29, 1.82) is 0 Å². The number of amides is 1. The van der Waals surface area contributed by atoms with Gasteiger partial charge in [0.2, 0.25) is 0 Å². The van der Waals surface area contributed by atoms with Gasteiger partial charge in [-0.1, -0.05) is 12.1 Å². The number of nitrogens with two attached hydrogens (primary N) is 1. The number of carbonyl (C=O) groups excluding carboxylic acids is 1. The molecular formula is C21H27FIN5O. The molecule has 1 aliphatic heterocycles. The van der Waals surface area contributed by atoms with E-state index in [9.17, 15) is 9.18 Å². The lowest BCUT2D eigenvalue weighted by Gasteiger charge is -2.36. The van der Waals surface area contributed by atoms with Gasteiger partial charge in [-0.25, -0.2) is 9.38 Å². The highest BCUT2D eigenvalue weighted by Gasteiger charge is 2.18. The quantitative estimate of drug-likeness (QED) is 0.368. The molecule has 3 N–H and O–H groups in total. The molecule has 3 rings (SSSR count). The highest BCUT2D eigenvalue weighted by molar-refractivity contribution is 14.0. The normalized spacial score (nSPS) is 14.3. The van der Waals surface area contributed by atoms with Gasteiger partial charge >= 0.3 is 0 Å². The molecule has 1 aliphatic rings. The molecule has 0 radical (unpaired) electrons. The number of benzene rings is 2. The molecular weight excluding hydrogens is 484 g/mol. The number of hydrogen-bond acceptors (Lipinski definition) is 3. The Labute approximate surface area is 188 Å². The third-order valence-electron chi connectivity index (χ3n) is 4.77. The van der Waals surface area contributed by atoms with Gasteiger partial charge in [-0.15, -0.1) is 24.0 Å². The van der Waals surface area contributed by atoms with Crippen molar-refractivity contribution in [2.24, 2.45) is 10.7 Å². The first-order chi connectivity index (χ1) is 13.6. The summed E-state index contributed by atoms with van der Waals surface area (Å²) in [4.78, 5) is 20.5. The van der Waals surface area contributed by atoms with Crippen molar-refractivity contribution >= 4 is 41.5 Å². The summed E-state index contributed by atoms with van der Waals surface area (Å²) in [6, 6.07) is 14.0. The number of hydrogen-bond donors (Lipinski definition) is 2. The first-order valence-corrected chi connectivity index (χ1v) is 9.49. The first-order valence-electron chi connectivity index (χ1n) is 9.49. The van der Waals surface area contributed by atoms with E-state index in [-0.39, 0.29) is 35.7 Å². The summed E-state index contributed by atoms with van der Waals surface area (Å²) in [6.45, 7) is 6.12. The van der Waals surface area contributed by atoms with E-state index in [1.54, 1.807) is 24.3 Å². The summed E-state index contributed by atoms with van der Waals surface area (Å²) in [6.07, 6.45) is 0. The van der Waals surface area contributed by atoms with Crippen LogP contribution in [0.3, 0.4) is 0 Å². The van der Waals surface area contributed by atoms with E-state index in [2.05, 4.69) is 20.1 Å². The number of aliphatic imine (C=N–C) groups is 1. The predicted molar refractivity (Wildman–Crippen MR) is 125 cm³/mol. The number of guanidine groups is 1. The van der Waals surface area contributed by atoms with Crippen molar-refractivity contribution in [3.8, 4) is 0 Å². The Morgan fingerprint density at radius 3 is 2.28 bits per heavy atom. The van der Waals surface area contributed by atoms with Crippen molar-refractivity contribution in [3.63, 3.8) is 0 Å². The Morgan fingerprint density at radius 1 is 1.07 bits per heavy atom. The van der Waals surface area contributed by atoms with E-state index in [1.807, 2.05) is 19.1 Å². The van der Waals surface area contributed by atoms with Crippen LogP contribution in [0.25, 0.3) is 0 Å². The second kappa shape index (κ2) is 11.0. The average molecular weight is 511 g/mol. The molecule has 6 nitrogen and oxygen atoms in total. The number of halogens is 2. The smallest absolute Gasteiger partial charge is 0.251 e. The van der Waals surface area contributed by atoms with Gasteiger partial charge < -0.3 is 20.9 Å². The number of nitrogens with zero attached hydrogens (tertiary/aromatic N) is 3. The fourth-order valence-corrected chi connectivity index (χ4v) is 3.14. The van der Waals surface area contributed by atoms with E-state index in [0.29, 0.717) is 24.6 Å². The summed E-state index contributed by atoms with van der Waals surface area (Å²) >= 11 is 0. The van der Waals surface area contributed by atoms with Gasteiger partial charge in [-0.3, -0.25) is 4.79 Å². The van der Waals surface area contributed by atoms with Gasteiger partial charge in [0.15, 0.2) is 5.96 Å². The van der Waals surface area contributed by atoms with Crippen LogP contribution in [0.5, 0.6) is 0 Å². The van der Waals surface area contributed by atoms with Crippen molar-refractivity contribution in [2.75, 3.05) is 37.6 Å². The molecule has 1 amide bonds. The molecule has 2 aromatic carbocycles. The molecule has 8 heteroatoms. The Balaban J connectivity index is 0.00000300. The maximum absolute atomic E-state index is 13.1. The minimum atomic E-state index is -0.224. The second-order valence-electron chi connectivity index (χ2n) is 6.68. The highest BCUT2D eigenvalue weighted by atomic mass is 127. The maximum Gasteiger partial charge on any atom is 0.251 e. The lowest BCUT2D eigenvalue weighted by atomic mass is 10.1. The molecule has 1 saturated heterocycles. The van der Waals surface area contributed by atoms with Crippen LogP contribution in [0.2, 0.25) is 0 Å². The molecule has 0 bridgehead atoms. The van der Waals surface area contributed by atoms with Crippen LogP contribution < -0.4 is 16.0 Å². The number of piperazine rings is 1. The summed E-state index contributed by atoms with van der Waals surface area (Å²) in [5, 5.41) is 2.78. The van der Waals surface area contributed by atoms with Crippen LogP contribution in [-0.4, -0.2) is 49.5 Å². The summed E-state index contributed by atoms with van der Waals surface area (Å²) in [5.41, 5.74) is 8.82. The zero-order valence-electron chi connectivity index (χ0n) is 16.5. The Bertz CT molecular complexity index is 818. The van der Waals surface area contributed by atoms with Crippen LogP contribution in [0.1, 0.15) is 22.8 Å². The van der Waals surface area contributed by atoms with E-state index in [1.165, 1.54) is 12.1 Å². The van der Waals surface area contributed by atoms with Gasteiger partial charge in [0.1, 0.15) is 5.82 Å². The topological polar surface area (TPSA) is 74.0 Å². The fourth-order valence-electron chi connectivity index (χ4n) is 3.14. The van der Waals surface area contributed by atoms with E-state index >= 15 is 0 Å². The second-order valence-corrected chi connectivity index (χ2v) is 6.68. The average Bonchev–Trinajstić information content (AvgIpc) is 2.73. The van der Waals surface area contributed by atoms with Crippen LogP contribution >= 0.6 is 24.0 Å². The van der Waals surface area contributed by atoms with Gasteiger partial charge in [0.25, 0.3) is 5.91 Å². The minimum absolute atomic E-state index is 0. The maximum atomic E-state index is 13.1. The Morgan fingerprint density at radius 2 is 1.69 bits per heavy atom. The minimum Gasteiger partial charge on any atom is -0.370 e. The first kappa shape index (κ1) is 22.9. The van der Waals surface area contributed by atoms with E-state index in [0.717, 1.165) is 37.4 Å². The lowest BCUT2D eigenvalue weighted by Crippen LogP contribution is -2.51. The number of anilines is 1. The largest absolute Gasteiger partial charge is 0.370 e. The number of rotatable bonds is 5. The Hall–Kier alpha value is -2.36. The van der Waals surface area contributed by atoms with Gasteiger partial charge in [-0.05, 0) is 48.9 Å². The van der Waals surface area contributed by atoms with Crippen LogP contribution in [-0.2, 0) is 6.54 Å². The molecule has 1 heterocycles. The molecule has 0 saturated carbocycles. The summed E-state index contributed by atoms with van der Waals surface area (Å²) in [5.74, 6) is 0.223. The van der Waals surface area contributed by atoms with E-state index < -0.39 is 0 Å². The van der Waals surface area contributed by atoms with E-state index in [4.69, 9.17) is 5.73 Å². The zero-order chi connectivity index (χ0) is 19.9. The molecule has 2 aromatic rings.